The van der Waals surface area contributed by atoms with Gasteiger partial charge in [0.2, 0.25) is 0 Å². The van der Waals surface area contributed by atoms with Gasteiger partial charge in [-0.2, -0.15) is 0 Å². The molecule has 108 valence electrons. The van der Waals surface area contributed by atoms with Gasteiger partial charge in [0, 0.05) is 6.42 Å². The van der Waals surface area contributed by atoms with Crippen LogP contribution in [0.5, 0.6) is 0 Å². The van der Waals surface area contributed by atoms with Crippen molar-refractivity contribution in [1.82, 2.24) is 0 Å². The maximum Gasteiger partial charge on any atom is 0.305 e. The Morgan fingerprint density at radius 1 is 0.944 bits per heavy atom. The van der Waals surface area contributed by atoms with Crippen LogP contribution in [0, 0.1) is 5.92 Å². The van der Waals surface area contributed by atoms with Crippen molar-refractivity contribution in [3.05, 3.63) is 0 Å². The third-order valence-corrected chi connectivity index (χ3v) is 3.56. The number of ether oxygens (including phenoxy) is 1. The summed E-state index contributed by atoms with van der Waals surface area (Å²) in [5.74, 6) is 0.504. The molecule has 0 aromatic rings. The second-order valence-electron chi connectivity index (χ2n) is 5.22. The number of rotatable bonds is 12. The van der Waals surface area contributed by atoms with Crippen LogP contribution in [0.25, 0.3) is 0 Å². The number of unbranched alkanes of at least 4 members (excludes halogenated alkanes) is 6. The minimum absolute atomic E-state index is 0.0620. The van der Waals surface area contributed by atoms with Gasteiger partial charge in [-0.1, -0.05) is 72.1 Å². The minimum Gasteiger partial charge on any atom is -0.465 e. The number of carbonyl (C=O) groups is 1. The van der Waals surface area contributed by atoms with Crippen LogP contribution in [0.15, 0.2) is 0 Å². The van der Waals surface area contributed by atoms with Crippen LogP contribution in [0.2, 0.25) is 0 Å². The second-order valence-corrected chi connectivity index (χ2v) is 5.22. The molecule has 0 N–H and O–H groups in total. The molecule has 0 aliphatic carbocycles. The van der Waals surface area contributed by atoms with Crippen LogP contribution in [0.1, 0.15) is 85.0 Å². The van der Waals surface area contributed by atoms with Gasteiger partial charge in [-0.3, -0.25) is 4.79 Å². The Kier molecular flexibility index (Phi) is 12.5. The summed E-state index contributed by atoms with van der Waals surface area (Å²) in [6.07, 6.45) is 12.3. The lowest BCUT2D eigenvalue weighted by Crippen LogP contribution is -2.13. The zero-order chi connectivity index (χ0) is 13.6. The van der Waals surface area contributed by atoms with Crippen LogP contribution >= 0.6 is 0 Å². The highest BCUT2D eigenvalue weighted by molar-refractivity contribution is 5.68. The van der Waals surface area contributed by atoms with E-state index in [0.717, 1.165) is 6.42 Å². The zero-order valence-corrected chi connectivity index (χ0v) is 12.7. The third-order valence-electron chi connectivity index (χ3n) is 3.56. The van der Waals surface area contributed by atoms with E-state index in [1.807, 2.05) is 6.92 Å². The Morgan fingerprint density at radius 3 is 2.11 bits per heavy atom. The van der Waals surface area contributed by atoms with Gasteiger partial charge in [-0.25, -0.2) is 0 Å². The molecule has 0 spiro atoms. The Hall–Kier alpha value is -0.530. The molecule has 0 fully saturated rings. The van der Waals surface area contributed by atoms with Crippen LogP contribution < -0.4 is 0 Å². The van der Waals surface area contributed by atoms with Crippen LogP contribution in [0.4, 0.5) is 0 Å². The lowest BCUT2D eigenvalue weighted by Gasteiger charge is -2.14. The molecule has 1 atom stereocenters. The highest BCUT2D eigenvalue weighted by Gasteiger charge is 2.08. The molecule has 0 aromatic carbocycles. The zero-order valence-electron chi connectivity index (χ0n) is 12.7. The molecule has 2 nitrogen and oxygen atoms in total. The number of carbonyl (C=O) groups excluding carboxylic acids is 1. The van der Waals surface area contributed by atoms with Crippen molar-refractivity contribution >= 4 is 5.97 Å². The largest absolute Gasteiger partial charge is 0.465 e. The third kappa shape index (κ3) is 10.6. The number of hydrogen-bond donors (Lipinski definition) is 0. The van der Waals surface area contributed by atoms with Crippen LogP contribution in [0.3, 0.4) is 0 Å². The van der Waals surface area contributed by atoms with Gasteiger partial charge in [0.25, 0.3) is 0 Å². The van der Waals surface area contributed by atoms with E-state index in [0.29, 0.717) is 18.9 Å². The molecule has 0 aliphatic heterocycles. The van der Waals surface area contributed by atoms with E-state index in [-0.39, 0.29) is 5.97 Å². The molecule has 18 heavy (non-hydrogen) atoms. The van der Waals surface area contributed by atoms with Crippen molar-refractivity contribution < 1.29 is 9.53 Å². The molecule has 0 unspecified atom stereocenters. The van der Waals surface area contributed by atoms with Gasteiger partial charge in [0.1, 0.15) is 0 Å². The van der Waals surface area contributed by atoms with Gasteiger partial charge in [0.05, 0.1) is 6.61 Å². The first kappa shape index (κ1) is 17.5. The van der Waals surface area contributed by atoms with E-state index in [1.54, 1.807) is 0 Å². The Bertz CT molecular complexity index is 190. The Morgan fingerprint density at radius 2 is 1.56 bits per heavy atom. The van der Waals surface area contributed by atoms with Crippen molar-refractivity contribution in [3.8, 4) is 0 Å². The van der Waals surface area contributed by atoms with E-state index in [2.05, 4.69) is 13.8 Å². The van der Waals surface area contributed by atoms with Crippen LogP contribution in [-0.4, -0.2) is 12.6 Å². The molecule has 0 amide bonds. The SMILES string of the molecule is CCCCCCCCC[C@H](CC)COC(=O)CC. The summed E-state index contributed by atoms with van der Waals surface area (Å²) >= 11 is 0. The lowest BCUT2D eigenvalue weighted by atomic mass is 9.98. The fourth-order valence-corrected chi connectivity index (χ4v) is 2.11. The van der Waals surface area contributed by atoms with Crippen molar-refractivity contribution in [2.45, 2.75) is 85.0 Å². The molecule has 0 saturated heterocycles. The first-order valence-corrected chi connectivity index (χ1v) is 7.90. The van der Waals surface area contributed by atoms with Gasteiger partial charge < -0.3 is 4.74 Å². The van der Waals surface area contributed by atoms with Gasteiger partial charge in [-0.05, 0) is 12.3 Å². The predicted molar refractivity (Wildman–Crippen MR) is 77.6 cm³/mol. The smallest absolute Gasteiger partial charge is 0.305 e. The summed E-state index contributed by atoms with van der Waals surface area (Å²) in [4.78, 5) is 11.1. The Labute approximate surface area is 113 Å². The summed E-state index contributed by atoms with van der Waals surface area (Å²) in [6.45, 7) is 6.91. The summed E-state index contributed by atoms with van der Waals surface area (Å²) < 4.78 is 5.22. The fraction of sp³-hybridized carbons (Fsp3) is 0.938. The minimum atomic E-state index is -0.0620. The second kappa shape index (κ2) is 12.9. The summed E-state index contributed by atoms with van der Waals surface area (Å²) in [5, 5.41) is 0. The van der Waals surface area contributed by atoms with E-state index in [4.69, 9.17) is 4.74 Å². The quantitative estimate of drug-likeness (QED) is 0.358. The highest BCUT2D eigenvalue weighted by atomic mass is 16.5. The molecule has 0 heterocycles. The average Bonchev–Trinajstić information content (AvgIpc) is 2.40. The van der Waals surface area contributed by atoms with E-state index in [9.17, 15) is 4.79 Å². The number of hydrogen-bond acceptors (Lipinski definition) is 2. The fourth-order valence-electron chi connectivity index (χ4n) is 2.11. The topological polar surface area (TPSA) is 26.3 Å². The van der Waals surface area contributed by atoms with Crippen molar-refractivity contribution in [3.63, 3.8) is 0 Å². The molecular formula is C16H32O2. The van der Waals surface area contributed by atoms with Gasteiger partial charge >= 0.3 is 5.97 Å². The van der Waals surface area contributed by atoms with E-state index in [1.165, 1.54) is 51.4 Å². The van der Waals surface area contributed by atoms with Crippen molar-refractivity contribution in [2.24, 2.45) is 5.92 Å². The molecule has 0 aliphatic rings. The lowest BCUT2D eigenvalue weighted by molar-refractivity contribution is -0.144. The van der Waals surface area contributed by atoms with Gasteiger partial charge in [-0.15, -0.1) is 0 Å². The molecule has 0 radical (unpaired) electrons. The molecule has 0 aromatic heterocycles. The molecule has 0 saturated carbocycles. The molecule has 0 rings (SSSR count). The van der Waals surface area contributed by atoms with Gasteiger partial charge in [0.15, 0.2) is 0 Å². The average molecular weight is 256 g/mol. The van der Waals surface area contributed by atoms with E-state index < -0.39 is 0 Å². The maximum atomic E-state index is 11.1. The summed E-state index contributed by atoms with van der Waals surface area (Å²) in [7, 11) is 0. The number of esters is 1. The molecular weight excluding hydrogens is 224 g/mol. The van der Waals surface area contributed by atoms with Crippen molar-refractivity contribution in [2.75, 3.05) is 6.61 Å². The summed E-state index contributed by atoms with van der Waals surface area (Å²) in [5.41, 5.74) is 0. The predicted octanol–water partition coefficient (Wildman–Crippen LogP) is 5.11. The molecule has 0 bridgehead atoms. The first-order valence-electron chi connectivity index (χ1n) is 7.90. The highest BCUT2D eigenvalue weighted by Crippen LogP contribution is 2.16. The summed E-state index contributed by atoms with van der Waals surface area (Å²) in [6, 6.07) is 0. The van der Waals surface area contributed by atoms with E-state index >= 15 is 0 Å². The Balaban J connectivity index is 3.41. The van der Waals surface area contributed by atoms with Crippen LogP contribution in [-0.2, 0) is 9.53 Å². The molecule has 2 heteroatoms. The standard InChI is InChI=1S/C16H32O2/c1-4-7-8-9-10-11-12-13-15(5-2)14-18-16(17)6-3/h15H,4-14H2,1-3H3/t15-/m0/s1. The normalized spacial score (nSPS) is 12.4. The monoisotopic (exact) mass is 256 g/mol. The maximum absolute atomic E-state index is 11.1. The first-order chi connectivity index (χ1) is 8.74. The van der Waals surface area contributed by atoms with Crippen molar-refractivity contribution in [1.29, 1.82) is 0 Å².